The second-order valence-electron chi connectivity index (χ2n) is 5.49. The standard InChI is InChI=1S/C18H12Cl3N3O3/c1-27-18(26)16-15(9-25)23-17(10-4-13(20)7-22-6-10)24(16)8-11-5-12(19)2-3-14(11)21/h2-7,9H,8H2,1H3. The second kappa shape index (κ2) is 8.08. The van der Waals surface area contributed by atoms with Crippen molar-refractivity contribution >= 4 is 47.1 Å². The molecule has 0 bridgehead atoms. The van der Waals surface area contributed by atoms with E-state index in [9.17, 15) is 9.59 Å². The predicted octanol–water partition coefficient (Wildman–Crippen LogP) is 4.55. The van der Waals surface area contributed by atoms with Crippen LogP contribution in [-0.2, 0) is 11.3 Å². The summed E-state index contributed by atoms with van der Waals surface area (Å²) >= 11 is 18.4. The van der Waals surface area contributed by atoms with Crippen molar-refractivity contribution in [3.63, 3.8) is 0 Å². The lowest BCUT2D eigenvalue weighted by Gasteiger charge is -2.13. The van der Waals surface area contributed by atoms with E-state index in [-0.39, 0.29) is 17.9 Å². The molecule has 0 aliphatic carbocycles. The molecule has 0 fully saturated rings. The van der Waals surface area contributed by atoms with Gasteiger partial charge in [0, 0.05) is 28.0 Å². The number of esters is 1. The number of halogens is 3. The van der Waals surface area contributed by atoms with Crippen LogP contribution in [0.25, 0.3) is 11.4 Å². The van der Waals surface area contributed by atoms with E-state index in [4.69, 9.17) is 39.5 Å². The molecule has 0 saturated heterocycles. The molecule has 0 N–H and O–H groups in total. The largest absolute Gasteiger partial charge is 0.464 e. The summed E-state index contributed by atoms with van der Waals surface area (Å²) < 4.78 is 6.35. The van der Waals surface area contributed by atoms with E-state index in [2.05, 4.69) is 9.97 Å². The van der Waals surface area contributed by atoms with Gasteiger partial charge in [-0.05, 0) is 29.8 Å². The van der Waals surface area contributed by atoms with Crippen LogP contribution in [0, 0.1) is 0 Å². The molecule has 2 aromatic heterocycles. The normalized spacial score (nSPS) is 10.7. The van der Waals surface area contributed by atoms with Gasteiger partial charge in [0.2, 0.25) is 0 Å². The number of hydrogen-bond donors (Lipinski definition) is 0. The van der Waals surface area contributed by atoms with Gasteiger partial charge in [-0.1, -0.05) is 34.8 Å². The summed E-state index contributed by atoms with van der Waals surface area (Å²) in [6.07, 6.45) is 3.48. The smallest absolute Gasteiger partial charge is 0.357 e. The number of carbonyl (C=O) groups is 2. The Kier molecular flexibility index (Phi) is 5.79. The van der Waals surface area contributed by atoms with Crippen molar-refractivity contribution in [1.82, 2.24) is 14.5 Å². The molecular formula is C18H12Cl3N3O3. The number of imidazole rings is 1. The van der Waals surface area contributed by atoms with Gasteiger partial charge < -0.3 is 9.30 Å². The number of nitrogens with zero attached hydrogens (tertiary/aromatic N) is 3. The fraction of sp³-hybridized carbons (Fsp3) is 0.111. The highest BCUT2D eigenvalue weighted by molar-refractivity contribution is 6.33. The zero-order valence-corrected chi connectivity index (χ0v) is 16.2. The number of pyridine rings is 1. The zero-order valence-electron chi connectivity index (χ0n) is 13.9. The summed E-state index contributed by atoms with van der Waals surface area (Å²) in [5.41, 5.74) is 1.10. The van der Waals surface area contributed by atoms with Crippen LogP contribution < -0.4 is 0 Å². The highest BCUT2D eigenvalue weighted by Crippen LogP contribution is 2.28. The van der Waals surface area contributed by atoms with Crippen LogP contribution in [0.5, 0.6) is 0 Å². The molecule has 1 aromatic carbocycles. The minimum absolute atomic E-state index is 0.00137. The number of ether oxygens (including phenoxy) is 1. The highest BCUT2D eigenvalue weighted by Gasteiger charge is 2.25. The maximum atomic E-state index is 12.3. The van der Waals surface area contributed by atoms with E-state index in [0.29, 0.717) is 38.3 Å². The van der Waals surface area contributed by atoms with Crippen molar-refractivity contribution in [2.75, 3.05) is 7.11 Å². The van der Waals surface area contributed by atoms with Crippen LogP contribution in [0.2, 0.25) is 15.1 Å². The Balaban J connectivity index is 2.25. The zero-order chi connectivity index (χ0) is 19.6. The number of hydrogen-bond acceptors (Lipinski definition) is 5. The molecule has 0 aliphatic heterocycles. The summed E-state index contributed by atoms with van der Waals surface area (Å²) in [4.78, 5) is 32.1. The summed E-state index contributed by atoms with van der Waals surface area (Å²) in [5.74, 6) is -0.382. The van der Waals surface area contributed by atoms with Crippen LogP contribution in [0.1, 0.15) is 26.5 Å². The average Bonchev–Trinajstić information content (AvgIpc) is 3.02. The van der Waals surface area contributed by atoms with Crippen molar-refractivity contribution in [3.05, 3.63) is 68.7 Å². The molecule has 2 heterocycles. The van der Waals surface area contributed by atoms with Gasteiger partial charge in [0.15, 0.2) is 12.0 Å². The third-order valence-electron chi connectivity index (χ3n) is 3.78. The Morgan fingerprint density at radius 2 is 1.96 bits per heavy atom. The average molecular weight is 425 g/mol. The quantitative estimate of drug-likeness (QED) is 0.443. The number of methoxy groups -OCH3 is 1. The molecule has 9 heteroatoms. The van der Waals surface area contributed by atoms with Crippen LogP contribution >= 0.6 is 34.8 Å². The summed E-state index contributed by atoms with van der Waals surface area (Å²) in [6, 6.07) is 6.60. The number of rotatable bonds is 5. The van der Waals surface area contributed by atoms with E-state index in [1.807, 2.05) is 0 Å². The molecule has 138 valence electrons. The first-order valence-corrected chi connectivity index (χ1v) is 8.77. The lowest BCUT2D eigenvalue weighted by Crippen LogP contribution is -2.14. The molecule has 0 amide bonds. The van der Waals surface area contributed by atoms with Crippen molar-refractivity contribution in [2.45, 2.75) is 6.54 Å². The van der Waals surface area contributed by atoms with Gasteiger partial charge in [-0.15, -0.1) is 0 Å². The topological polar surface area (TPSA) is 74.1 Å². The monoisotopic (exact) mass is 423 g/mol. The number of aromatic nitrogens is 3. The Labute approximate surface area is 169 Å². The molecule has 3 rings (SSSR count). The molecule has 0 atom stereocenters. The highest BCUT2D eigenvalue weighted by atomic mass is 35.5. The van der Waals surface area contributed by atoms with Crippen molar-refractivity contribution in [1.29, 1.82) is 0 Å². The van der Waals surface area contributed by atoms with Gasteiger partial charge in [-0.3, -0.25) is 9.78 Å². The SMILES string of the molecule is COC(=O)c1c(C=O)nc(-c2cncc(Cl)c2)n1Cc1cc(Cl)ccc1Cl. The molecule has 0 radical (unpaired) electrons. The molecule has 27 heavy (non-hydrogen) atoms. The fourth-order valence-electron chi connectivity index (χ4n) is 2.61. The maximum absolute atomic E-state index is 12.3. The van der Waals surface area contributed by atoms with Crippen molar-refractivity contribution in [2.24, 2.45) is 0 Å². The first-order chi connectivity index (χ1) is 12.9. The van der Waals surface area contributed by atoms with E-state index in [0.717, 1.165) is 0 Å². The number of carbonyl (C=O) groups excluding carboxylic acids is 2. The molecular weight excluding hydrogens is 413 g/mol. The minimum Gasteiger partial charge on any atom is -0.464 e. The Morgan fingerprint density at radius 3 is 2.63 bits per heavy atom. The third-order valence-corrected chi connectivity index (χ3v) is 4.59. The van der Waals surface area contributed by atoms with E-state index < -0.39 is 5.97 Å². The van der Waals surface area contributed by atoms with E-state index >= 15 is 0 Å². The van der Waals surface area contributed by atoms with Gasteiger partial charge >= 0.3 is 5.97 Å². The first kappa shape index (κ1) is 19.4. The lowest BCUT2D eigenvalue weighted by atomic mass is 10.2. The van der Waals surface area contributed by atoms with Gasteiger partial charge in [0.1, 0.15) is 11.5 Å². The molecule has 3 aromatic rings. The van der Waals surface area contributed by atoms with Gasteiger partial charge in [-0.25, -0.2) is 9.78 Å². The lowest BCUT2D eigenvalue weighted by molar-refractivity contribution is 0.0586. The molecule has 0 unspecified atom stereocenters. The number of aldehydes is 1. The predicted molar refractivity (Wildman–Crippen MR) is 103 cm³/mol. The first-order valence-electron chi connectivity index (χ1n) is 7.63. The third kappa shape index (κ3) is 3.98. The van der Waals surface area contributed by atoms with Crippen molar-refractivity contribution in [3.8, 4) is 11.4 Å². The van der Waals surface area contributed by atoms with Crippen LogP contribution in [-0.4, -0.2) is 33.9 Å². The number of benzene rings is 1. The fourth-order valence-corrected chi connectivity index (χ4v) is 3.15. The van der Waals surface area contributed by atoms with Crippen molar-refractivity contribution < 1.29 is 14.3 Å². The summed E-state index contributed by atoms with van der Waals surface area (Å²) in [7, 11) is 1.22. The second-order valence-corrected chi connectivity index (χ2v) is 6.77. The molecule has 6 nitrogen and oxygen atoms in total. The van der Waals surface area contributed by atoms with Crippen LogP contribution in [0.4, 0.5) is 0 Å². The van der Waals surface area contributed by atoms with E-state index in [1.165, 1.54) is 24.1 Å². The molecule has 0 spiro atoms. The molecule has 0 aliphatic rings. The maximum Gasteiger partial charge on any atom is 0.357 e. The van der Waals surface area contributed by atoms with Gasteiger partial charge in [-0.2, -0.15) is 0 Å². The van der Waals surface area contributed by atoms with E-state index in [1.54, 1.807) is 24.3 Å². The summed E-state index contributed by atoms with van der Waals surface area (Å²) in [5, 5.41) is 1.32. The van der Waals surface area contributed by atoms with Gasteiger partial charge in [0.05, 0.1) is 18.7 Å². The molecule has 0 saturated carbocycles. The van der Waals surface area contributed by atoms with Crippen LogP contribution in [0.3, 0.4) is 0 Å². The Hall–Kier alpha value is -2.41. The van der Waals surface area contributed by atoms with Crippen LogP contribution in [0.15, 0.2) is 36.7 Å². The minimum atomic E-state index is -0.705. The Bertz CT molecular complexity index is 1030. The summed E-state index contributed by atoms with van der Waals surface area (Å²) in [6.45, 7) is 0.131. The van der Waals surface area contributed by atoms with Gasteiger partial charge in [0.25, 0.3) is 0 Å². The Morgan fingerprint density at radius 1 is 1.19 bits per heavy atom.